The third-order valence-corrected chi connectivity index (χ3v) is 5.92. The fourth-order valence-corrected chi connectivity index (χ4v) is 4.41. The van der Waals surface area contributed by atoms with Crippen LogP contribution in [0.1, 0.15) is 27.2 Å². The van der Waals surface area contributed by atoms with Gasteiger partial charge in [0.15, 0.2) is 0 Å². The van der Waals surface area contributed by atoms with E-state index in [-0.39, 0.29) is 23.6 Å². The predicted octanol–water partition coefficient (Wildman–Crippen LogP) is 4.84. The summed E-state index contributed by atoms with van der Waals surface area (Å²) in [6.07, 6.45) is 3.62. The number of hydrogen-bond donors (Lipinski definition) is 1. The second-order valence-electron chi connectivity index (χ2n) is 7.91. The van der Waals surface area contributed by atoms with E-state index in [1.54, 1.807) is 47.3 Å². The third kappa shape index (κ3) is 3.61. The van der Waals surface area contributed by atoms with Gasteiger partial charge in [-0.05, 0) is 42.0 Å². The van der Waals surface area contributed by atoms with Gasteiger partial charge in [0.05, 0.1) is 29.4 Å². The minimum Gasteiger partial charge on any atom is -0.352 e. The summed E-state index contributed by atoms with van der Waals surface area (Å²) in [7, 11) is 0. The summed E-state index contributed by atoms with van der Waals surface area (Å²) in [5, 5.41) is 11.9. The van der Waals surface area contributed by atoms with Crippen LogP contribution in [0, 0.1) is 28.8 Å². The van der Waals surface area contributed by atoms with Gasteiger partial charge in [0.1, 0.15) is 17.5 Å². The zero-order valence-electron chi connectivity index (χ0n) is 17.8. The molecule has 8 heteroatoms. The van der Waals surface area contributed by atoms with E-state index in [0.717, 1.165) is 12.1 Å². The average molecular weight is 458 g/mol. The summed E-state index contributed by atoms with van der Waals surface area (Å²) in [5.41, 5.74) is 3.08. The Bertz CT molecular complexity index is 1430. The number of hydrogen-bond acceptors (Lipinski definition) is 3. The molecule has 0 aliphatic carbocycles. The lowest BCUT2D eigenvalue weighted by Gasteiger charge is -2.18. The first-order chi connectivity index (χ1) is 16.5. The molecule has 0 fully saturated rings. The van der Waals surface area contributed by atoms with Crippen molar-refractivity contribution < 1.29 is 18.0 Å². The van der Waals surface area contributed by atoms with Crippen LogP contribution in [0.3, 0.4) is 0 Å². The molecule has 0 saturated carbocycles. The van der Waals surface area contributed by atoms with E-state index in [1.807, 2.05) is 0 Å². The monoisotopic (exact) mass is 458 g/mol. The summed E-state index contributed by atoms with van der Waals surface area (Å²) in [5.74, 6) is -2.42. The number of amides is 1. The molecule has 168 valence electrons. The van der Waals surface area contributed by atoms with Crippen molar-refractivity contribution >= 4 is 5.91 Å². The molecule has 0 saturated heterocycles. The van der Waals surface area contributed by atoms with Crippen LogP contribution in [-0.4, -0.2) is 22.0 Å². The lowest BCUT2D eigenvalue weighted by Crippen LogP contribution is -2.32. The molecule has 0 radical (unpaired) electrons. The molecule has 0 atom stereocenters. The van der Waals surface area contributed by atoms with Gasteiger partial charge in [-0.25, -0.2) is 13.2 Å². The van der Waals surface area contributed by atoms with Crippen molar-refractivity contribution in [3.63, 3.8) is 0 Å². The Morgan fingerprint density at radius 3 is 2.29 bits per heavy atom. The van der Waals surface area contributed by atoms with Gasteiger partial charge in [-0.15, -0.1) is 0 Å². The Hall–Kier alpha value is -4.38. The number of carbonyl (C=O) groups is 1. The van der Waals surface area contributed by atoms with Crippen LogP contribution in [0.4, 0.5) is 13.2 Å². The number of nitrogens with zero attached hydrogens (tertiary/aromatic N) is 3. The molecule has 2 aromatic heterocycles. The summed E-state index contributed by atoms with van der Waals surface area (Å²) < 4.78 is 45.1. The largest absolute Gasteiger partial charge is 0.352 e. The minimum absolute atomic E-state index is 0.117. The molecule has 0 bridgehead atoms. The average Bonchev–Trinajstić information content (AvgIpc) is 3.17. The number of nitrogens with one attached hydrogen (secondary N) is 1. The Morgan fingerprint density at radius 2 is 1.65 bits per heavy atom. The molecule has 1 amide bonds. The van der Waals surface area contributed by atoms with Crippen molar-refractivity contribution in [2.24, 2.45) is 0 Å². The number of fused-ring (bicyclic) bond motifs is 1. The summed E-state index contributed by atoms with van der Waals surface area (Å²) in [6, 6.07) is 13.0. The van der Waals surface area contributed by atoms with Crippen LogP contribution in [0.2, 0.25) is 0 Å². The molecule has 1 N–H and O–H groups in total. The smallest absolute Gasteiger partial charge is 0.253 e. The molecular weight excluding hydrogens is 441 g/mol. The van der Waals surface area contributed by atoms with Crippen LogP contribution in [0.15, 0.2) is 60.9 Å². The first kappa shape index (κ1) is 21.5. The zero-order chi connectivity index (χ0) is 23.8. The van der Waals surface area contributed by atoms with Crippen LogP contribution >= 0.6 is 0 Å². The lowest BCUT2D eigenvalue weighted by molar-refractivity contribution is 0.0946. The second kappa shape index (κ2) is 8.52. The van der Waals surface area contributed by atoms with Gasteiger partial charge in [0.2, 0.25) is 0 Å². The molecule has 5 rings (SSSR count). The van der Waals surface area contributed by atoms with Crippen LogP contribution < -0.4 is 5.32 Å². The fourth-order valence-electron chi connectivity index (χ4n) is 4.41. The van der Waals surface area contributed by atoms with Crippen molar-refractivity contribution in [3.05, 3.63) is 101 Å². The molecule has 1 aliphatic heterocycles. The van der Waals surface area contributed by atoms with Crippen LogP contribution in [0.25, 0.3) is 22.4 Å². The number of pyridine rings is 1. The van der Waals surface area contributed by atoms with Crippen molar-refractivity contribution in [1.29, 1.82) is 5.26 Å². The predicted molar refractivity (Wildman–Crippen MR) is 119 cm³/mol. The van der Waals surface area contributed by atoms with E-state index in [4.69, 9.17) is 5.26 Å². The minimum atomic E-state index is -0.844. The fraction of sp³-hybridized carbons (Fsp3) is 0.115. The molecule has 0 spiro atoms. The summed E-state index contributed by atoms with van der Waals surface area (Å²) in [4.78, 5) is 17.1. The normalized spacial score (nSPS) is 12.7. The molecule has 34 heavy (non-hydrogen) atoms. The lowest BCUT2D eigenvalue weighted by atomic mass is 9.95. The molecule has 3 heterocycles. The standard InChI is InChI=1S/C26H17F3N4O/c27-18-3-1-16(2-4-18)23-24-22(7-10-32-26(24)34)33(25(23)17-5-8-31-9-6-17)14-19-20(28)11-15(13-30)12-21(19)29/h1-6,8-9,11-12H,7,10,14H2,(H,32,34). The topological polar surface area (TPSA) is 70.7 Å². The summed E-state index contributed by atoms with van der Waals surface area (Å²) in [6.45, 7) is 0.171. The number of halogens is 3. The van der Waals surface area contributed by atoms with Gasteiger partial charge in [-0.3, -0.25) is 9.78 Å². The van der Waals surface area contributed by atoms with Gasteiger partial charge in [0.25, 0.3) is 5.91 Å². The van der Waals surface area contributed by atoms with E-state index in [9.17, 15) is 18.0 Å². The maximum atomic E-state index is 14.9. The van der Waals surface area contributed by atoms with E-state index < -0.39 is 17.5 Å². The zero-order valence-corrected chi connectivity index (χ0v) is 17.8. The molecule has 4 aromatic rings. The highest BCUT2D eigenvalue weighted by molar-refractivity contribution is 6.07. The van der Waals surface area contributed by atoms with Crippen molar-refractivity contribution in [2.75, 3.05) is 6.54 Å². The van der Waals surface area contributed by atoms with Gasteiger partial charge in [-0.1, -0.05) is 12.1 Å². The summed E-state index contributed by atoms with van der Waals surface area (Å²) >= 11 is 0. The van der Waals surface area contributed by atoms with Gasteiger partial charge >= 0.3 is 0 Å². The Morgan fingerprint density at radius 1 is 0.971 bits per heavy atom. The SMILES string of the molecule is N#Cc1cc(F)c(Cn2c3c(c(-c4ccc(F)cc4)c2-c2ccncc2)C(=O)NCC3)c(F)c1. The van der Waals surface area contributed by atoms with Crippen molar-refractivity contribution in [3.8, 4) is 28.5 Å². The number of carbonyl (C=O) groups excluding carboxylic acids is 1. The molecule has 0 unspecified atom stereocenters. The Labute approximate surface area is 193 Å². The van der Waals surface area contributed by atoms with E-state index in [1.165, 1.54) is 12.1 Å². The number of aromatic nitrogens is 2. The van der Waals surface area contributed by atoms with E-state index in [0.29, 0.717) is 46.6 Å². The van der Waals surface area contributed by atoms with E-state index in [2.05, 4.69) is 10.3 Å². The van der Waals surface area contributed by atoms with Gasteiger partial charge in [-0.2, -0.15) is 5.26 Å². The second-order valence-corrected chi connectivity index (χ2v) is 7.91. The number of benzene rings is 2. The molecule has 5 nitrogen and oxygen atoms in total. The Kier molecular flexibility index (Phi) is 5.38. The number of nitriles is 1. The molecule has 1 aliphatic rings. The quantitative estimate of drug-likeness (QED) is 0.476. The maximum Gasteiger partial charge on any atom is 0.253 e. The van der Waals surface area contributed by atoms with Gasteiger partial charge < -0.3 is 9.88 Å². The van der Waals surface area contributed by atoms with Crippen molar-refractivity contribution in [1.82, 2.24) is 14.9 Å². The highest BCUT2D eigenvalue weighted by Crippen LogP contribution is 2.41. The molecule has 2 aromatic carbocycles. The first-order valence-corrected chi connectivity index (χ1v) is 10.6. The van der Waals surface area contributed by atoms with Crippen LogP contribution in [0.5, 0.6) is 0 Å². The molecular formula is C26H17F3N4O. The third-order valence-electron chi connectivity index (χ3n) is 5.92. The highest BCUT2D eigenvalue weighted by atomic mass is 19.1. The van der Waals surface area contributed by atoms with E-state index >= 15 is 0 Å². The number of rotatable bonds is 4. The Balaban J connectivity index is 1.82. The van der Waals surface area contributed by atoms with Crippen LogP contribution in [-0.2, 0) is 13.0 Å². The van der Waals surface area contributed by atoms with Gasteiger partial charge in [0, 0.05) is 47.7 Å². The van der Waals surface area contributed by atoms with Crippen molar-refractivity contribution in [2.45, 2.75) is 13.0 Å². The first-order valence-electron chi connectivity index (χ1n) is 10.6. The highest BCUT2D eigenvalue weighted by Gasteiger charge is 2.32. The maximum absolute atomic E-state index is 14.9.